The van der Waals surface area contributed by atoms with E-state index in [0.29, 0.717) is 6.04 Å². The first kappa shape index (κ1) is 13.9. The van der Waals surface area contributed by atoms with Crippen molar-refractivity contribution < 1.29 is 0 Å². The Hall–Kier alpha value is -1.16. The molecule has 17 heavy (non-hydrogen) atoms. The summed E-state index contributed by atoms with van der Waals surface area (Å²) in [5, 5.41) is 11.5. The van der Waals surface area contributed by atoms with Crippen molar-refractivity contribution in [1.29, 1.82) is 0 Å². The lowest BCUT2D eigenvalue weighted by atomic mass is 10.1. The summed E-state index contributed by atoms with van der Waals surface area (Å²) in [5.41, 5.74) is 1.39. The van der Waals surface area contributed by atoms with Gasteiger partial charge in [-0.2, -0.15) is 0 Å². The van der Waals surface area contributed by atoms with E-state index in [4.69, 9.17) is 0 Å². The third-order valence-corrected chi connectivity index (χ3v) is 2.80. The van der Waals surface area contributed by atoms with Gasteiger partial charge in [0.05, 0.1) is 6.54 Å². The molecule has 1 N–H and O–H groups in total. The predicted molar refractivity (Wildman–Crippen MR) is 70.7 cm³/mol. The molecule has 0 saturated heterocycles. The first-order chi connectivity index (χ1) is 8.13. The Morgan fingerprint density at radius 3 is 2.94 bits per heavy atom. The molecule has 0 unspecified atom stereocenters. The van der Waals surface area contributed by atoms with Gasteiger partial charge in [-0.3, -0.25) is 0 Å². The minimum absolute atomic E-state index is 0.507. The molecule has 0 aromatic carbocycles. The minimum atomic E-state index is 0.507. The topological polar surface area (TPSA) is 42.7 Å². The standard InChI is InChI=1S/C13H24N4/c1-5-17-10-15-16-13(17)9-14-12(4)8-6-7-11(2)3/h7,10,12,14H,5-6,8-9H2,1-4H3/t12-/m1/s1. The monoisotopic (exact) mass is 236 g/mol. The van der Waals surface area contributed by atoms with E-state index in [2.05, 4.69) is 53.9 Å². The summed E-state index contributed by atoms with van der Waals surface area (Å²) in [6.07, 6.45) is 6.36. The molecule has 0 bridgehead atoms. The van der Waals surface area contributed by atoms with Crippen LogP contribution < -0.4 is 5.32 Å². The van der Waals surface area contributed by atoms with Crippen molar-refractivity contribution in [3.8, 4) is 0 Å². The van der Waals surface area contributed by atoms with Gasteiger partial charge in [0, 0.05) is 12.6 Å². The maximum Gasteiger partial charge on any atom is 0.146 e. The van der Waals surface area contributed by atoms with Crippen LogP contribution in [0.4, 0.5) is 0 Å². The number of aryl methyl sites for hydroxylation is 1. The van der Waals surface area contributed by atoms with Crippen molar-refractivity contribution in [3.05, 3.63) is 23.8 Å². The van der Waals surface area contributed by atoms with Gasteiger partial charge in [-0.1, -0.05) is 11.6 Å². The van der Waals surface area contributed by atoms with Crippen molar-refractivity contribution in [3.63, 3.8) is 0 Å². The molecule has 0 fully saturated rings. The molecule has 0 aliphatic carbocycles. The summed E-state index contributed by atoms with van der Waals surface area (Å²) in [6, 6.07) is 0.507. The maximum atomic E-state index is 4.11. The van der Waals surface area contributed by atoms with E-state index in [1.165, 1.54) is 5.57 Å². The molecule has 1 atom stereocenters. The summed E-state index contributed by atoms with van der Waals surface area (Å²) in [7, 11) is 0. The molecule has 4 nitrogen and oxygen atoms in total. The lowest BCUT2D eigenvalue weighted by molar-refractivity contribution is 0.496. The fraction of sp³-hybridized carbons (Fsp3) is 0.692. The van der Waals surface area contributed by atoms with Crippen molar-refractivity contribution in [2.75, 3.05) is 0 Å². The van der Waals surface area contributed by atoms with Crippen LogP contribution in [0.2, 0.25) is 0 Å². The molecule has 0 amide bonds. The first-order valence-corrected chi connectivity index (χ1v) is 6.37. The third kappa shape index (κ3) is 5.13. The van der Waals surface area contributed by atoms with Crippen molar-refractivity contribution in [2.24, 2.45) is 0 Å². The van der Waals surface area contributed by atoms with Crippen LogP contribution in [0.5, 0.6) is 0 Å². The number of allylic oxidation sites excluding steroid dienone is 2. The van der Waals surface area contributed by atoms with Gasteiger partial charge >= 0.3 is 0 Å². The van der Waals surface area contributed by atoms with E-state index < -0.39 is 0 Å². The molecule has 1 aromatic heterocycles. The zero-order valence-electron chi connectivity index (χ0n) is 11.4. The Labute approximate surface area is 104 Å². The van der Waals surface area contributed by atoms with Crippen LogP contribution in [-0.2, 0) is 13.1 Å². The highest BCUT2D eigenvalue weighted by Crippen LogP contribution is 2.02. The quantitative estimate of drug-likeness (QED) is 0.740. The average molecular weight is 236 g/mol. The van der Waals surface area contributed by atoms with Crippen LogP contribution in [-0.4, -0.2) is 20.8 Å². The Morgan fingerprint density at radius 1 is 1.53 bits per heavy atom. The third-order valence-electron chi connectivity index (χ3n) is 2.80. The summed E-state index contributed by atoms with van der Waals surface area (Å²) in [4.78, 5) is 0. The van der Waals surface area contributed by atoms with Gasteiger partial charge in [-0.15, -0.1) is 10.2 Å². The average Bonchev–Trinajstić information content (AvgIpc) is 2.73. The second kappa shape index (κ2) is 7.22. The number of nitrogens with zero attached hydrogens (tertiary/aromatic N) is 3. The van der Waals surface area contributed by atoms with Crippen LogP contribution in [0.1, 0.15) is 46.4 Å². The van der Waals surface area contributed by atoms with E-state index in [0.717, 1.165) is 31.8 Å². The molecule has 1 aromatic rings. The summed E-state index contributed by atoms with van der Waals surface area (Å²) < 4.78 is 2.07. The summed E-state index contributed by atoms with van der Waals surface area (Å²) in [6.45, 7) is 10.3. The van der Waals surface area contributed by atoms with Gasteiger partial charge in [-0.25, -0.2) is 0 Å². The molecular weight excluding hydrogens is 212 g/mol. The molecule has 0 saturated carbocycles. The Balaban J connectivity index is 2.28. The molecule has 0 aliphatic heterocycles. The minimum Gasteiger partial charge on any atom is -0.317 e. The maximum absolute atomic E-state index is 4.11. The Bertz CT molecular complexity index is 350. The number of aromatic nitrogens is 3. The molecule has 4 heteroatoms. The second-order valence-electron chi connectivity index (χ2n) is 4.67. The Morgan fingerprint density at radius 2 is 2.29 bits per heavy atom. The van der Waals surface area contributed by atoms with Gasteiger partial charge in [0.1, 0.15) is 12.2 Å². The largest absolute Gasteiger partial charge is 0.317 e. The second-order valence-corrected chi connectivity index (χ2v) is 4.67. The molecule has 0 aliphatic rings. The summed E-state index contributed by atoms with van der Waals surface area (Å²) in [5.74, 6) is 1.02. The van der Waals surface area contributed by atoms with Gasteiger partial charge in [0.25, 0.3) is 0 Å². The van der Waals surface area contributed by atoms with E-state index in [1.54, 1.807) is 6.33 Å². The van der Waals surface area contributed by atoms with E-state index in [9.17, 15) is 0 Å². The van der Waals surface area contributed by atoms with Crippen LogP contribution in [0.3, 0.4) is 0 Å². The Kier molecular flexibility index (Phi) is 5.91. The van der Waals surface area contributed by atoms with E-state index in [-0.39, 0.29) is 0 Å². The van der Waals surface area contributed by atoms with Crippen molar-refractivity contribution >= 4 is 0 Å². The highest BCUT2D eigenvalue weighted by molar-refractivity contribution is 4.93. The molecule has 1 rings (SSSR count). The van der Waals surface area contributed by atoms with Gasteiger partial charge < -0.3 is 9.88 Å². The molecule has 1 heterocycles. The van der Waals surface area contributed by atoms with E-state index in [1.807, 2.05) is 0 Å². The highest BCUT2D eigenvalue weighted by atomic mass is 15.3. The normalized spacial score (nSPS) is 12.5. The molecule has 0 radical (unpaired) electrons. The van der Waals surface area contributed by atoms with Crippen LogP contribution >= 0.6 is 0 Å². The van der Waals surface area contributed by atoms with Crippen LogP contribution in [0.25, 0.3) is 0 Å². The van der Waals surface area contributed by atoms with Crippen molar-refractivity contribution in [1.82, 2.24) is 20.1 Å². The number of nitrogens with one attached hydrogen (secondary N) is 1. The lowest BCUT2D eigenvalue weighted by Crippen LogP contribution is -2.26. The first-order valence-electron chi connectivity index (χ1n) is 6.37. The molecule has 0 spiro atoms. The smallest absolute Gasteiger partial charge is 0.146 e. The van der Waals surface area contributed by atoms with Gasteiger partial charge in [0.2, 0.25) is 0 Å². The zero-order valence-corrected chi connectivity index (χ0v) is 11.4. The zero-order chi connectivity index (χ0) is 12.7. The number of hydrogen-bond acceptors (Lipinski definition) is 3. The predicted octanol–water partition coefficient (Wildman–Crippen LogP) is 2.52. The summed E-state index contributed by atoms with van der Waals surface area (Å²) >= 11 is 0. The lowest BCUT2D eigenvalue weighted by Gasteiger charge is -2.12. The van der Waals surface area contributed by atoms with Gasteiger partial charge in [0.15, 0.2) is 0 Å². The van der Waals surface area contributed by atoms with Crippen molar-refractivity contribution in [2.45, 2.75) is 59.7 Å². The van der Waals surface area contributed by atoms with Crippen LogP contribution in [0.15, 0.2) is 18.0 Å². The SMILES string of the molecule is CCn1cnnc1CN[C@H](C)CCC=C(C)C. The fourth-order valence-corrected chi connectivity index (χ4v) is 1.67. The fourth-order valence-electron chi connectivity index (χ4n) is 1.67. The van der Waals surface area contributed by atoms with Gasteiger partial charge in [-0.05, 0) is 40.5 Å². The molecular formula is C13H24N4. The number of hydrogen-bond donors (Lipinski definition) is 1. The molecule has 96 valence electrons. The van der Waals surface area contributed by atoms with E-state index >= 15 is 0 Å². The highest BCUT2D eigenvalue weighted by Gasteiger charge is 2.05. The number of rotatable bonds is 7. The van der Waals surface area contributed by atoms with Crippen LogP contribution in [0, 0.1) is 0 Å².